The summed E-state index contributed by atoms with van der Waals surface area (Å²) in [7, 11) is 0. The van der Waals surface area contributed by atoms with Crippen molar-refractivity contribution >= 4 is 17.4 Å². The van der Waals surface area contributed by atoms with Crippen LogP contribution in [0.5, 0.6) is 5.75 Å². The SMILES string of the molecule is CCCCOc1ccc(NC(=O)CCC(=O)c2ccccc2)cc1. The van der Waals surface area contributed by atoms with Crippen molar-refractivity contribution in [2.24, 2.45) is 0 Å². The van der Waals surface area contributed by atoms with Gasteiger partial charge in [0.05, 0.1) is 6.61 Å². The second-order valence-electron chi connectivity index (χ2n) is 5.56. The van der Waals surface area contributed by atoms with E-state index in [9.17, 15) is 9.59 Å². The summed E-state index contributed by atoms with van der Waals surface area (Å²) < 4.78 is 5.58. The van der Waals surface area contributed by atoms with Crippen LogP contribution in [0.1, 0.15) is 43.0 Å². The first-order valence-corrected chi connectivity index (χ1v) is 8.30. The lowest BCUT2D eigenvalue weighted by molar-refractivity contribution is -0.116. The first-order valence-electron chi connectivity index (χ1n) is 8.30. The fourth-order valence-corrected chi connectivity index (χ4v) is 2.19. The summed E-state index contributed by atoms with van der Waals surface area (Å²) in [6, 6.07) is 16.3. The number of nitrogens with one attached hydrogen (secondary N) is 1. The van der Waals surface area contributed by atoms with E-state index in [1.807, 2.05) is 30.3 Å². The van der Waals surface area contributed by atoms with Gasteiger partial charge in [-0.2, -0.15) is 0 Å². The summed E-state index contributed by atoms with van der Waals surface area (Å²) in [5.74, 6) is 0.602. The first-order chi connectivity index (χ1) is 11.7. The predicted molar refractivity (Wildman–Crippen MR) is 95.5 cm³/mol. The molecule has 0 bridgehead atoms. The average molecular weight is 325 g/mol. The third-order valence-corrected chi connectivity index (χ3v) is 3.58. The van der Waals surface area contributed by atoms with Crippen LogP contribution in [0.15, 0.2) is 54.6 Å². The van der Waals surface area contributed by atoms with Crippen molar-refractivity contribution < 1.29 is 14.3 Å². The fraction of sp³-hybridized carbons (Fsp3) is 0.300. The number of carbonyl (C=O) groups excluding carboxylic acids is 2. The summed E-state index contributed by atoms with van der Waals surface area (Å²) >= 11 is 0. The van der Waals surface area contributed by atoms with Crippen molar-refractivity contribution in [3.05, 3.63) is 60.2 Å². The number of rotatable bonds is 9. The molecule has 2 aromatic rings. The highest BCUT2D eigenvalue weighted by Crippen LogP contribution is 2.16. The van der Waals surface area contributed by atoms with Crippen molar-refractivity contribution in [2.75, 3.05) is 11.9 Å². The van der Waals surface area contributed by atoms with E-state index in [-0.39, 0.29) is 24.5 Å². The Labute approximate surface area is 142 Å². The standard InChI is InChI=1S/C20H23NO3/c1-2-3-15-24-18-11-9-17(10-12-18)21-20(23)14-13-19(22)16-7-5-4-6-8-16/h4-12H,2-3,13-15H2,1H3,(H,21,23). The number of benzene rings is 2. The highest BCUT2D eigenvalue weighted by atomic mass is 16.5. The van der Waals surface area contributed by atoms with Gasteiger partial charge in [-0.25, -0.2) is 0 Å². The molecule has 0 fully saturated rings. The molecule has 0 unspecified atom stereocenters. The normalized spacial score (nSPS) is 10.2. The third-order valence-electron chi connectivity index (χ3n) is 3.58. The largest absolute Gasteiger partial charge is 0.494 e. The highest BCUT2D eigenvalue weighted by Gasteiger charge is 2.09. The quantitative estimate of drug-likeness (QED) is 0.547. The molecule has 0 atom stereocenters. The van der Waals surface area contributed by atoms with Crippen molar-refractivity contribution in [2.45, 2.75) is 32.6 Å². The zero-order valence-electron chi connectivity index (χ0n) is 14.0. The molecule has 0 heterocycles. The van der Waals surface area contributed by atoms with Gasteiger partial charge in [0.1, 0.15) is 5.75 Å². The number of ketones is 1. The van der Waals surface area contributed by atoms with Crippen molar-refractivity contribution in [3.63, 3.8) is 0 Å². The van der Waals surface area contributed by atoms with Gasteiger partial charge in [-0.1, -0.05) is 43.7 Å². The van der Waals surface area contributed by atoms with Gasteiger partial charge >= 0.3 is 0 Å². The maximum atomic E-state index is 12.0. The highest BCUT2D eigenvalue weighted by molar-refractivity contribution is 5.99. The summed E-state index contributed by atoms with van der Waals surface area (Å²) in [6.07, 6.45) is 2.49. The zero-order valence-corrected chi connectivity index (χ0v) is 14.0. The number of unbranched alkanes of at least 4 members (excludes halogenated alkanes) is 1. The van der Waals surface area contributed by atoms with E-state index in [1.165, 1.54) is 0 Å². The molecule has 0 aliphatic heterocycles. The van der Waals surface area contributed by atoms with Gasteiger partial charge in [-0.05, 0) is 30.7 Å². The molecule has 4 nitrogen and oxygen atoms in total. The monoisotopic (exact) mass is 325 g/mol. The zero-order chi connectivity index (χ0) is 17.2. The van der Waals surface area contributed by atoms with E-state index in [0.717, 1.165) is 18.6 Å². The molecule has 1 amide bonds. The number of anilines is 1. The van der Waals surface area contributed by atoms with Crippen LogP contribution in [0.2, 0.25) is 0 Å². The Balaban J connectivity index is 1.76. The van der Waals surface area contributed by atoms with Crippen molar-refractivity contribution in [3.8, 4) is 5.75 Å². The molecule has 0 spiro atoms. The van der Waals surface area contributed by atoms with Crippen LogP contribution in [0, 0.1) is 0 Å². The Bertz CT molecular complexity index is 650. The molecule has 0 radical (unpaired) electrons. The number of amides is 1. The number of ether oxygens (including phenoxy) is 1. The Hall–Kier alpha value is -2.62. The Morgan fingerprint density at radius 1 is 0.958 bits per heavy atom. The second-order valence-corrected chi connectivity index (χ2v) is 5.56. The maximum absolute atomic E-state index is 12.0. The molecule has 0 aliphatic carbocycles. The molecule has 2 rings (SSSR count). The van der Waals surface area contributed by atoms with E-state index in [0.29, 0.717) is 17.9 Å². The molecule has 0 aliphatic rings. The Kier molecular flexibility index (Phi) is 7.02. The van der Waals surface area contributed by atoms with Gasteiger partial charge in [0.25, 0.3) is 0 Å². The Morgan fingerprint density at radius 3 is 2.33 bits per heavy atom. The van der Waals surface area contributed by atoms with Gasteiger partial charge in [0.2, 0.25) is 5.91 Å². The van der Waals surface area contributed by atoms with Gasteiger partial charge < -0.3 is 10.1 Å². The summed E-state index contributed by atoms with van der Waals surface area (Å²) in [4.78, 5) is 23.9. The lowest BCUT2D eigenvalue weighted by Gasteiger charge is -2.08. The van der Waals surface area contributed by atoms with E-state index in [4.69, 9.17) is 4.74 Å². The number of hydrogen-bond acceptors (Lipinski definition) is 3. The molecule has 126 valence electrons. The third kappa shape index (κ3) is 5.88. The number of Topliss-reactive ketones (excluding diaryl/α,β-unsaturated/α-hetero) is 1. The van der Waals surface area contributed by atoms with Crippen LogP contribution in [-0.4, -0.2) is 18.3 Å². The maximum Gasteiger partial charge on any atom is 0.224 e. The minimum Gasteiger partial charge on any atom is -0.494 e. The van der Waals surface area contributed by atoms with E-state index in [1.54, 1.807) is 24.3 Å². The van der Waals surface area contributed by atoms with Crippen LogP contribution in [0.3, 0.4) is 0 Å². The van der Waals surface area contributed by atoms with Gasteiger partial charge in [0, 0.05) is 24.1 Å². The molecule has 1 N–H and O–H groups in total. The molecular formula is C20H23NO3. The lowest BCUT2D eigenvalue weighted by Crippen LogP contribution is -2.13. The van der Waals surface area contributed by atoms with Crippen LogP contribution in [0.4, 0.5) is 5.69 Å². The van der Waals surface area contributed by atoms with Crippen LogP contribution < -0.4 is 10.1 Å². The summed E-state index contributed by atoms with van der Waals surface area (Å²) in [6.45, 7) is 2.81. The Morgan fingerprint density at radius 2 is 1.67 bits per heavy atom. The fourth-order valence-electron chi connectivity index (χ4n) is 2.19. The smallest absolute Gasteiger partial charge is 0.224 e. The van der Waals surface area contributed by atoms with Crippen LogP contribution in [0.25, 0.3) is 0 Å². The predicted octanol–water partition coefficient (Wildman–Crippen LogP) is 4.47. The lowest BCUT2D eigenvalue weighted by atomic mass is 10.1. The minimum absolute atomic E-state index is 0.0228. The number of carbonyl (C=O) groups is 2. The van der Waals surface area contributed by atoms with Crippen LogP contribution >= 0.6 is 0 Å². The summed E-state index contributed by atoms with van der Waals surface area (Å²) in [5, 5.41) is 2.80. The summed E-state index contributed by atoms with van der Waals surface area (Å²) in [5.41, 5.74) is 1.34. The molecule has 4 heteroatoms. The van der Waals surface area contributed by atoms with Gasteiger partial charge in [0.15, 0.2) is 5.78 Å². The van der Waals surface area contributed by atoms with Gasteiger partial charge in [-0.15, -0.1) is 0 Å². The van der Waals surface area contributed by atoms with Gasteiger partial charge in [-0.3, -0.25) is 9.59 Å². The average Bonchev–Trinajstić information content (AvgIpc) is 2.62. The topological polar surface area (TPSA) is 55.4 Å². The molecular weight excluding hydrogens is 302 g/mol. The van der Waals surface area contributed by atoms with Crippen molar-refractivity contribution in [1.82, 2.24) is 0 Å². The molecule has 0 saturated carbocycles. The van der Waals surface area contributed by atoms with E-state index in [2.05, 4.69) is 12.2 Å². The molecule has 0 saturated heterocycles. The molecule has 0 aromatic heterocycles. The molecule has 2 aromatic carbocycles. The minimum atomic E-state index is -0.168. The second kappa shape index (κ2) is 9.50. The number of hydrogen-bond donors (Lipinski definition) is 1. The van der Waals surface area contributed by atoms with E-state index < -0.39 is 0 Å². The van der Waals surface area contributed by atoms with Crippen molar-refractivity contribution in [1.29, 1.82) is 0 Å². The molecule has 24 heavy (non-hydrogen) atoms. The first kappa shape index (κ1) is 17.7. The van der Waals surface area contributed by atoms with E-state index >= 15 is 0 Å². The van der Waals surface area contributed by atoms with Crippen LogP contribution in [-0.2, 0) is 4.79 Å².